The number of ketones is 1. The zero-order valence-electron chi connectivity index (χ0n) is 10.1. The number of benzene rings is 1. The van der Waals surface area contributed by atoms with Gasteiger partial charge < -0.3 is 9.47 Å². The normalized spacial score (nSPS) is 9.76. The predicted octanol–water partition coefficient (Wildman–Crippen LogP) is 1.76. The van der Waals surface area contributed by atoms with E-state index in [4.69, 9.17) is 4.74 Å². The van der Waals surface area contributed by atoms with Gasteiger partial charge in [-0.3, -0.25) is 4.79 Å². The van der Waals surface area contributed by atoms with Crippen molar-refractivity contribution in [2.45, 2.75) is 19.3 Å². The van der Waals surface area contributed by atoms with Crippen LogP contribution in [0.25, 0.3) is 0 Å². The molecule has 4 nitrogen and oxygen atoms in total. The van der Waals surface area contributed by atoms with E-state index in [0.29, 0.717) is 6.42 Å². The zero-order valence-corrected chi connectivity index (χ0v) is 10.1. The first-order valence-corrected chi connectivity index (χ1v) is 5.41. The molecule has 0 unspecified atom stereocenters. The molecule has 1 rings (SSSR count). The third-order valence-corrected chi connectivity index (χ3v) is 2.44. The number of esters is 1. The van der Waals surface area contributed by atoms with Crippen LogP contribution in [0.3, 0.4) is 0 Å². The Hall–Kier alpha value is -1.84. The van der Waals surface area contributed by atoms with Crippen molar-refractivity contribution in [3.63, 3.8) is 0 Å². The Morgan fingerprint density at radius 2 is 1.76 bits per heavy atom. The highest BCUT2D eigenvalue weighted by Gasteiger charge is 2.12. The molecule has 0 spiro atoms. The minimum Gasteiger partial charge on any atom is -0.497 e. The third-order valence-electron chi connectivity index (χ3n) is 2.44. The van der Waals surface area contributed by atoms with Crippen molar-refractivity contribution >= 4 is 11.8 Å². The maximum absolute atomic E-state index is 11.2. The molecule has 92 valence electrons. The Morgan fingerprint density at radius 3 is 2.29 bits per heavy atom. The second kappa shape index (κ2) is 6.68. The molecule has 0 aliphatic carbocycles. The molecule has 0 N–H and O–H groups in total. The molecule has 0 fully saturated rings. The van der Waals surface area contributed by atoms with Crippen LogP contribution in [0.15, 0.2) is 24.3 Å². The maximum Gasteiger partial charge on any atom is 0.374 e. The average Bonchev–Trinajstić information content (AvgIpc) is 2.38. The molecular weight excluding hydrogens is 220 g/mol. The Morgan fingerprint density at radius 1 is 1.12 bits per heavy atom. The van der Waals surface area contributed by atoms with E-state index in [1.807, 2.05) is 24.3 Å². The topological polar surface area (TPSA) is 52.6 Å². The Balaban J connectivity index is 2.35. The third kappa shape index (κ3) is 4.26. The van der Waals surface area contributed by atoms with Crippen molar-refractivity contribution in [3.8, 4) is 5.75 Å². The minimum absolute atomic E-state index is 0.221. The van der Waals surface area contributed by atoms with E-state index in [-0.39, 0.29) is 6.42 Å². The molecule has 0 saturated carbocycles. The summed E-state index contributed by atoms with van der Waals surface area (Å²) in [6, 6.07) is 7.64. The first kappa shape index (κ1) is 13.2. The molecule has 1 aromatic carbocycles. The Labute approximate surface area is 101 Å². The summed E-state index contributed by atoms with van der Waals surface area (Å²) in [5, 5.41) is 0. The second-order valence-corrected chi connectivity index (χ2v) is 3.62. The van der Waals surface area contributed by atoms with Crippen LogP contribution < -0.4 is 4.74 Å². The lowest BCUT2D eigenvalue weighted by atomic mass is 10.1. The maximum atomic E-state index is 11.2. The SMILES string of the molecule is COC(=O)C(=O)CCCc1ccc(OC)cc1. The largest absolute Gasteiger partial charge is 0.497 e. The summed E-state index contributed by atoms with van der Waals surface area (Å²) < 4.78 is 9.38. The highest BCUT2D eigenvalue weighted by Crippen LogP contribution is 2.13. The van der Waals surface area contributed by atoms with Gasteiger partial charge in [-0.25, -0.2) is 4.79 Å². The first-order chi connectivity index (χ1) is 8.17. The number of carbonyl (C=O) groups is 2. The van der Waals surface area contributed by atoms with Crippen LogP contribution >= 0.6 is 0 Å². The summed E-state index contributed by atoms with van der Waals surface area (Å²) in [6.45, 7) is 0. The van der Waals surface area contributed by atoms with Crippen molar-refractivity contribution in [2.24, 2.45) is 0 Å². The van der Waals surface area contributed by atoms with Gasteiger partial charge in [-0.15, -0.1) is 0 Å². The molecule has 0 saturated heterocycles. The van der Waals surface area contributed by atoms with Gasteiger partial charge in [0.05, 0.1) is 14.2 Å². The summed E-state index contributed by atoms with van der Waals surface area (Å²) in [4.78, 5) is 22.0. The van der Waals surface area contributed by atoms with Crippen molar-refractivity contribution in [1.29, 1.82) is 0 Å². The van der Waals surface area contributed by atoms with E-state index in [9.17, 15) is 9.59 Å². The van der Waals surface area contributed by atoms with E-state index in [0.717, 1.165) is 17.7 Å². The molecule has 0 heterocycles. The van der Waals surface area contributed by atoms with Crippen LogP contribution in [0, 0.1) is 0 Å². The lowest BCUT2D eigenvalue weighted by Crippen LogP contribution is -2.15. The summed E-state index contributed by atoms with van der Waals surface area (Å²) >= 11 is 0. The molecule has 0 aromatic heterocycles. The number of rotatable bonds is 6. The fourth-order valence-electron chi connectivity index (χ4n) is 1.46. The fraction of sp³-hybridized carbons (Fsp3) is 0.385. The van der Waals surface area contributed by atoms with Crippen LogP contribution in [0.1, 0.15) is 18.4 Å². The molecule has 17 heavy (non-hydrogen) atoms. The van der Waals surface area contributed by atoms with Gasteiger partial charge in [0.1, 0.15) is 5.75 Å². The van der Waals surface area contributed by atoms with Crippen LogP contribution in [-0.4, -0.2) is 26.0 Å². The van der Waals surface area contributed by atoms with E-state index < -0.39 is 11.8 Å². The Bertz CT molecular complexity index is 381. The lowest BCUT2D eigenvalue weighted by molar-refractivity contribution is -0.151. The summed E-state index contributed by atoms with van der Waals surface area (Å²) in [7, 11) is 2.83. The standard InChI is InChI=1S/C13H16O4/c1-16-11-8-6-10(7-9-11)4-3-5-12(14)13(15)17-2/h6-9H,3-5H2,1-2H3. The minimum atomic E-state index is -0.764. The van der Waals surface area contributed by atoms with Gasteiger partial charge in [0.15, 0.2) is 0 Å². The Kier molecular flexibility index (Phi) is 5.20. The van der Waals surface area contributed by atoms with Crippen molar-refractivity contribution in [2.75, 3.05) is 14.2 Å². The van der Waals surface area contributed by atoms with E-state index in [1.54, 1.807) is 7.11 Å². The van der Waals surface area contributed by atoms with Crippen LogP contribution in [-0.2, 0) is 20.7 Å². The van der Waals surface area contributed by atoms with E-state index in [2.05, 4.69) is 4.74 Å². The highest BCUT2D eigenvalue weighted by atomic mass is 16.5. The van der Waals surface area contributed by atoms with Gasteiger partial charge in [-0.2, -0.15) is 0 Å². The number of hydrogen-bond acceptors (Lipinski definition) is 4. The van der Waals surface area contributed by atoms with Crippen LogP contribution in [0.2, 0.25) is 0 Å². The quantitative estimate of drug-likeness (QED) is 0.558. The van der Waals surface area contributed by atoms with Gasteiger partial charge in [-0.1, -0.05) is 12.1 Å². The summed E-state index contributed by atoms with van der Waals surface area (Å²) in [5.74, 6) is -0.430. The number of ether oxygens (including phenoxy) is 2. The van der Waals surface area contributed by atoms with Crippen LogP contribution in [0.5, 0.6) is 5.75 Å². The number of Topliss-reactive ketones (excluding diaryl/α,β-unsaturated/α-hetero) is 1. The lowest BCUT2D eigenvalue weighted by Gasteiger charge is -2.03. The number of methoxy groups -OCH3 is 2. The first-order valence-electron chi connectivity index (χ1n) is 5.41. The van der Waals surface area contributed by atoms with Crippen molar-refractivity contribution < 1.29 is 19.1 Å². The number of hydrogen-bond donors (Lipinski definition) is 0. The monoisotopic (exact) mass is 236 g/mol. The van der Waals surface area contributed by atoms with Gasteiger partial charge >= 0.3 is 5.97 Å². The van der Waals surface area contributed by atoms with Gasteiger partial charge in [0.25, 0.3) is 0 Å². The van der Waals surface area contributed by atoms with Crippen LogP contribution in [0.4, 0.5) is 0 Å². The molecule has 0 aliphatic heterocycles. The van der Waals surface area contributed by atoms with Crippen molar-refractivity contribution in [3.05, 3.63) is 29.8 Å². The molecule has 0 amide bonds. The second-order valence-electron chi connectivity index (χ2n) is 3.62. The van der Waals surface area contributed by atoms with E-state index in [1.165, 1.54) is 7.11 Å². The molecule has 0 radical (unpaired) electrons. The van der Waals surface area contributed by atoms with Gasteiger partial charge in [0.2, 0.25) is 5.78 Å². The van der Waals surface area contributed by atoms with Gasteiger partial charge in [0, 0.05) is 6.42 Å². The zero-order chi connectivity index (χ0) is 12.7. The average molecular weight is 236 g/mol. The molecule has 0 bridgehead atoms. The molecule has 0 atom stereocenters. The molecular formula is C13H16O4. The molecule has 0 aliphatic rings. The van der Waals surface area contributed by atoms with E-state index >= 15 is 0 Å². The summed E-state index contributed by atoms with van der Waals surface area (Å²) in [6.07, 6.45) is 1.62. The smallest absolute Gasteiger partial charge is 0.374 e. The predicted molar refractivity (Wildman–Crippen MR) is 63.0 cm³/mol. The summed E-state index contributed by atoms with van der Waals surface area (Å²) in [5.41, 5.74) is 1.11. The number of carbonyl (C=O) groups excluding carboxylic acids is 2. The fourth-order valence-corrected chi connectivity index (χ4v) is 1.46. The molecule has 1 aromatic rings. The molecule has 4 heteroatoms. The van der Waals surface area contributed by atoms with Gasteiger partial charge in [-0.05, 0) is 30.5 Å². The van der Waals surface area contributed by atoms with Crippen molar-refractivity contribution in [1.82, 2.24) is 0 Å². The highest BCUT2D eigenvalue weighted by molar-refractivity contribution is 6.33. The number of aryl methyl sites for hydroxylation is 1.